The van der Waals surface area contributed by atoms with Crippen LogP contribution in [0.15, 0.2) is 92.7 Å². The Morgan fingerprint density at radius 3 is 2.42 bits per heavy atom. The highest BCUT2D eigenvalue weighted by atomic mass is 35.5. The first-order valence-electron chi connectivity index (χ1n) is 9.63. The average molecular weight is 429 g/mol. The molecule has 3 aromatic carbocycles. The number of oxazole rings is 1. The van der Waals surface area contributed by atoms with Gasteiger partial charge < -0.3 is 13.6 Å². The Hall–Kier alpha value is -3.83. The maximum Gasteiger partial charge on any atom is 0.227 e. The summed E-state index contributed by atoms with van der Waals surface area (Å²) < 4.78 is 16.9. The minimum absolute atomic E-state index is 0.553. The number of furan rings is 1. The summed E-state index contributed by atoms with van der Waals surface area (Å²) in [5, 5.41) is 0.690. The molecule has 6 heteroatoms. The minimum Gasteiger partial charge on any atom is -0.497 e. The number of ether oxygens (including phenoxy) is 1. The molecule has 0 N–H and O–H groups in total. The summed E-state index contributed by atoms with van der Waals surface area (Å²) in [5.41, 5.74) is 4.03. The van der Waals surface area contributed by atoms with E-state index in [-0.39, 0.29) is 0 Å². The van der Waals surface area contributed by atoms with Crippen molar-refractivity contribution in [3.63, 3.8) is 0 Å². The molecule has 0 radical (unpaired) electrons. The van der Waals surface area contributed by atoms with Gasteiger partial charge in [0.15, 0.2) is 5.58 Å². The van der Waals surface area contributed by atoms with Gasteiger partial charge in [-0.25, -0.2) is 4.98 Å². The van der Waals surface area contributed by atoms with Crippen molar-refractivity contribution in [3.05, 3.63) is 89.6 Å². The van der Waals surface area contributed by atoms with Crippen molar-refractivity contribution in [2.75, 3.05) is 7.11 Å². The standard InChI is InChI=1S/C25H17ClN2O3/c1-29-20-9-4-17(5-10-20)25-28-22-14-19(8-12-24(22)31-25)27-15-21-11-13-23(30-21)16-2-6-18(26)7-3-16/h2-15H,1H3. The number of hydrogen-bond acceptors (Lipinski definition) is 5. The third kappa shape index (κ3) is 4.09. The fraction of sp³-hybridized carbons (Fsp3) is 0.0400. The third-order valence-corrected chi connectivity index (χ3v) is 5.06. The van der Waals surface area contributed by atoms with E-state index in [1.165, 1.54) is 0 Å². The van der Waals surface area contributed by atoms with Gasteiger partial charge in [-0.1, -0.05) is 11.6 Å². The number of halogens is 1. The van der Waals surface area contributed by atoms with Crippen LogP contribution < -0.4 is 4.74 Å². The number of aromatic nitrogens is 1. The summed E-state index contributed by atoms with van der Waals surface area (Å²) in [4.78, 5) is 9.10. The Labute approximate surface area is 183 Å². The lowest BCUT2D eigenvalue weighted by molar-refractivity contribution is 0.415. The van der Waals surface area contributed by atoms with Crippen molar-refractivity contribution in [1.82, 2.24) is 4.98 Å². The summed E-state index contributed by atoms with van der Waals surface area (Å²) in [7, 11) is 1.64. The highest BCUT2D eigenvalue weighted by Crippen LogP contribution is 2.28. The van der Waals surface area contributed by atoms with Crippen molar-refractivity contribution >= 4 is 34.6 Å². The molecule has 0 atom stereocenters. The number of hydrogen-bond donors (Lipinski definition) is 0. The third-order valence-electron chi connectivity index (χ3n) is 4.80. The minimum atomic E-state index is 0.553. The van der Waals surface area contributed by atoms with E-state index in [0.29, 0.717) is 22.3 Å². The van der Waals surface area contributed by atoms with E-state index >= 15 is 0 Å². The second-order valence-corrected chi connectivity index (χ2v) is 7.30. The average Bonchev–Trinajstić information content (AvgIpc) is 3.45. The lowest BCUT2D eigenvalue weighted by atomic mass is 10.2. The predicted octanol–water partition coefficient (Wildman–Crippen LogP) is 7.17. The van der Waals surface area contributed by atoms with Gasteiger partial charge in [0.05, 0.1) is 19.0 Å². The second-order valence-electron chi connectivity index (χ2n) is 6.87. The van der Waals surface area contributed by atoms with Crippen LogP contribution in [0.2, 0.25) is 5.02 Å². The van der Waals surface area contributed by atoms with E-state index in [2.05, 4.69) is 9.98 Å². The smallest absolute Gasteiger partial charge is 0.227 e. The number of methoxy groups -OCH3 is 1. The number of aliphatic imine (C=N–C) groups is 1. The van der Waals surface area contributed by atoms with Crippen LogP contribution in [0.1, 0.15) is 5.76 Å². The zero-order chi connectivity index (χ0) is 21.2. The molecule has 0 fully saturated rings. The summed E-state index contributed by atoms with van der Waals surface area (Å²) in [5.74, 6) is 2.75. The van der Waals surface area contributed by atoms with Crippen LogP contribution in [-0.2, 0) is 0 Å². The van der Waals surface area contributed by atoms with Gasteiger partial charge in [0.25, 0.3) is 0 Å². The van der Waals surface area contributed by atoms with E-state index in [9.17, 15) is 0 Å². The Morgan fingerprint density at radius 1 is 0.871 bits per heavy atom. The van der Waals surface area contributed by atoms with Crippen molar-refractivity contribution in [2.24, 2.45) is 4.99 Å². The molecule has 0 unspecified atom stereocenters. The zero-order valence-corrected chi connectivity index (χ0v) is 17.3. The molecule has 152 valence electrons. The van der Waals surface area contributed by atoms with E-state index in [4.69, 9.17) is 25.2 Å². The summed E-state index contributed by atoms with van der Waals surface area (Å²) >= 11 is 5.94. The molecule has 0 saturated carbocycles. The number of rotatable bonds is 5. The van der Waals surface area contributed by atoms with Crippen molar-refractivity contribution < 1.29 is 13.6 Å². The molecule has 0 bridgehead atoms. The molecule has 0 aliphatic carbocycles. The van der Waals surface area contributed by atoms with Crippen LogP contribution in [0, 0.1) is 0 Å². The first-order chi connectivity index (χ1) is 15.2. The fourth-order valence-corrected chi connectivity index (χ4v) is 3.31. The molecule has 5 nitrogen and oxygen atoms in total. The highest BCUT2D eigenvalue weighted by molar-refractivity contribution is 6.30. The number of nitrogens with zero attached hydrogens (tertiary/aromatic N) is 2. The molecule has 0 aliphatic rings. The van der Waals surface area contributed by atoms with Crippen molar-refractivity contribution in [3.8, 4) is 28.5 Å². The summed E-state index contributed by atoms with van der Waals surface area (Å²) in [6.45, 7) is 0. The molecule has 31 heavy (non-hydrogen) atoms. The van der Waals surface area contributed by atoms with E-state index in [1.807, 2.05) is 78.9 Å². The monoisotopic (exact) mass is 428 g/mol. The molecular formula is C25H17ClN2O3. The van der Waals surface area contributed by atoms with Crippen LogP contribution in [0.3, 0.4) is 0 Å². The van der Waals surface area contributed by atoms with Gasteiger partial charge in [0, 0.05) is 16.1 Å². The van der Waals surface area contributed by atoms with Gasteiger partial charge in [-0.3, -0.25) is 4.99 Å². The fourth-order valence-electron chi connectivity index (χ4n) is 3.18. The lowest BCUT2D eigenvalue weighted by Gasteiger charge is -1.99. The molecule has 2 heterocycles. The quantitative estimate of drug-likeness (QED) is 0.278. The van der Waals surface area contributed by atoms with Crippen LogP contribution in [-0.4, -0.2) is 18.3 Å². The molecule has 0 spiro atoms. The molecule has 2 aromatic heterocycles. The Kier molecular flexibility index (Phi) is 5.02. The normalized spacial score (nSPS) is 11.4. The Balaban J connectivity index is 1.37. The van der Waals surface area contributed by atoms with Crippen LogP contribution in [0.4, 0.5) is 5.69 Å². The van der Waals surface area contributed by atoms with E-state index in [0.717, 1.165) is 33.8 Å². The van der Waals surface area contributed by atoms with Crippen LogP contribution in [0.5, 0.6) is 5.75 Å². The SMILES string of the molecule is COc1ccc(-c2nc3cc(N=Cc4ccc(-c5ccc(Cl)cc5)o4)ccc3o2)cc1. The van der Waals surface area contributed by atoms with E-state index < -0.39 is 0 Å². The Bertz CT molecular complexity index is 1370. The van der Waals surface area contributed by atoms with Gasteiger partial charge in [0.1, 0.15) is 22.8 Å². The molecule has 5 rings (SSSR count). The summed E-state index contributed by atoms with van der Waals surface area (Å²) in [6.07, 6.45) is 1.69. The zero-order valence-electron chi connectivity index (χ0n) is 16.6. The topological polar surface area (TPSA) is 60.8 Å². The van der Waals surface area contributed by atoms with Gasteiger partial charge >= 0.3 is 0 Å². The van der Waals surface area contributed by atoms with Crippen molar-refractivity contribution in [2.45, 2.75) is 0 Å². The summed E-state index contributed by atoms with van der Waals surface area (Å²) in [6, 6.07) is 24.5. The predicted molar refractivity (Wildman–Crippen MR) is 122 cm³/mol. The molecule has 0 aliphatic heterocycles. The highest BCUT2D eigenvalue weighted by Gasteiger charge is 2.09. The first kappa shape index (κ1) is 19.2. The largest absolute Gasteiger partial charge is 0.497 e. The van der Waals surface area contributed by atoms with Gasteiger partial charge in [-0.15, -0.1) is 0 Å². The number of benzene rings is 3. The van der Waals surface area contributed by atoms with Crippen LogP contribution >= 0.6 is 11.6 Å². The van der Waals surface area contributed by atoms with Gasteiger partial charge in [0.2, 0.25) is 5.89 Å². The molecule has 0 saturated heterocycles. The first-order valence-corrected chi connectivity index (χ1v) is 10.0. The van der Waals surface area contributed by atoms with Crippen LogP contribution in [0.25, 0.3) is 33.9 Å². The van der Waals surface area contributed by atoms with Gasteiger partial charge in [-0.05, 0) is 78.9 Å². The van der Waals surface area contributed by atoms with Crippen molar-refractivity contribution in [1.29, 1.82) is 0 Å². The van der Waals surface area contributed by atoms with Gasteiger partial charge in [-0.2, -0.15) is 0 Å². The maximum atomic E-state index is 5.94. The molecular weight excluding hydrogens is 412 g/mol. The lowest BCUT2D eigenvalue weighted by Crippen LogP contribution is -1.82. The maximum absolute atomic E-state index is 5.94. The second kappa shape index (κ2) is 8.13. The molecule has 5 aromatic rings. The number of fused-ring (bicyclic) bond motifs is 1. The Morgan fingerprint density at radius 2 is 1.65 bits per heavy atom. The molecule has 0 amide bonds. The van der Waals surface area contributed by atoms with E-state index in [1.54, 1.807) is 13.3 Å².